The van der Waals surface area contributed by atoms with E-state index in [1.807, 2.05) is 19.9 Å². The maximum absolute atomic E-state index is 12.1. The number of hydrogen-bond donors (Lipinski definition) is 0. The monoisotopic (exact) mass is 266 g/mol. The molecule has 1 fully saturated rings. The van der Waals surface area contributed by atoms with Crippen molar-refractivity contribution < 1.29 is 9.53 Å². The first-order chi connectivity index (χ1) is 8.56. The molecule has 2 rings (SSSR count). The fraction of sp³-hybridized carbons (Fsp3) is 0.667. The third-order valence-electron chi connectivity index (χ3n) is 3.68. The second-order valence-electron chi connectivity index (χ2n) is 5.45. The molecule has 0 aromatic carbocycles. The van der Waals surface area contributed by atoms with Crippen molar-refractivity contribution in [2.24, 2.45) is 5.92 Å². The molecule has 0 radical (unpaired) electrons. The third-order valence-corrected chi connectivity index (χ3v) is 4.65. The number of thiophene rings is 1. The van der Waals surface area contributed by atoms with Gasteiger partial charge in [-0.25, -0.2) is 0 Å². The lowest BCUT2D eigenvalue weighted by molar-refractivity contribution is 0.0182. The number of rotatable bonds is 4. The molecule has 100 valence electrons. The van der Waals surface area contributed by atoms with Gasteiger partial charge in [-0.15, -0.1) is 11.3 Å². The molecule has 2 nitrogen and oxygen atoms in total. The van der Waals surface area contributed by atoms with Gasteiger partial charge in [-0.3, -0.25) is 4.79 Å². The van der Waals surface area contributed by atoms with Gasteiger partial charge in [-0.2, -0.15) is 0 Å². The standard InChI is InChI=1S/C15H22O2S/c1-10-5-4-6-13(7-10)17-9-15(16)14-8-11(2)18-12(14)3/h8,10,13H,4-7,9H2,1-3H3. The number of carbonyl (C=O) groups is 1. The lowest BCUT2D eigenvalue weighted by Crippen LogP contribution is -2.24. The van der Waals surface area contributed by atoms with Crippen molar-refractivity contribution in [3.05, 3.63) is 21.4 Å². The Labute approximate surface area is 113 Å². The van der Waals surface area contributed by atoms with Crippen LogP contribution in [0, 0.1) is 19.8 Å². The average Bonchev–Trinajstić information content (AvgIpc) is 2.66. The summed E-state index contributed by atoms with van der Waals surface area (Å²) in [7, 11) is 0. The average molecular weight is 266 g/mol. The van der Waals surface area contributed by atoms with Crippen LogP contribution in [0.1, 0.15) is 52.7 Å². The van der Waals surface area contributed by atoms with Crippen LogP contribution in [0.15, 0.2) is 6.07 Å². The van der Waals surface area contributed by atoms with Crippen molar-refractivity contribution in [2.45, 2.75) is 52.6 Å². The van der Waals surface area contributed by atoms with Crippen molar-refractivity contribution in [2.75, 3.05) is 6.61 Å². The van der Waals surface area contributed by atoms with Crippen LogP contribution in [0.3, 0.4) is 0 Å². The van der Waals surface area contributed by atoms with Crippen LogP contribution in [0.2, 0.25) is 0 Å². The zero-order valence-electron chi connectivity index (χ0n) is 11.5. The summed E-state index contributed by atoms with van der Waals surface area (Å²) in [5, 5.41) is 0. The first-order valence-electron chi connectivity index (χ1n) is 6.78. The van der Waals surface area contributed by atoms with Gasteiger partial charge in [0.2, 0.25) is 0 Å². The highest BCUT2D eigenvalue weighted by Crippen LogP contribution is 2.26. The van der Waals surface area contributed by atoms with Crippen LogP contribution < -0.4 is 0 Å². The molecule has 1 aliphatic carbocycles. The van der Waals surface area contributed by atoms with Crippen molar-refractivity contribution in [3.63, 3.8) is 0 Å². The second-order valence-corrected chi connectivity index (χ2v) is 6.92. The largest absolute Gasteiger partial charge is 0.370 e. The summed E-state index contributed by atoms with van der Waals surface area (Å²) < 4.78 is 5.79. The maximum atomic E-state index is 12.1. The summed E-state index contributed by atoms with van der Waals surface area (Å²) in [4.78, 5) is 14.4. The van der Waals surface area contributed by atoms with Gasteiger partial charge in [0.05, 0.1) is 6.10 Å². The molecule has 3 heteroatoms. The van der Waals surface area contributed by atoms with Crippen molar-refractivity contribution >= 4 is 17.1 Å². The van der Waals surface area contributed by atoms with E-state index in [9.17, 15) is 4.79 Å². The first kappa shape index (κ1) is 13.8. The predicted octanol–water partition coefficient (Wildman–Crippen LogP) is 4.14. The molecule has 1 aliphatic rings. The number of ketones is 1. The highest BCUT2D eigenvalue weighted by molar-refractivity contribution is 7.12. The van der Waals surface area contributed by atoms with Gasteiger partial charge in [-0.05, 0) is 38.7 Å². The van der Waals surface area contributed by atoms with Crippen LogP contribution in [0.4, 0.5) is 0 Å². The Balaban J connectivity index is 1.86. The van der Waals surface area contributed by atoms with Crippen LogP contribution in [0.5, 0.6) is 0 Å². The summed E-state index contributed by atoms with van der Waals surface area (Å²) in [6.45, 7) is 6.56. The number of Topliss-reactive ketones (excluding diaryl/α,β-unsaturated/α-hetero) is 1. The minimum absolute atomic E-state index is 0.134. The Morgan fingerprint density at radius 1 is 1.44 bits per heavy atom. The zero-order valence-corrected chi connectivity index (χ0v) is 12.3. The fourth-order valence-corrected chi connectivity index (χ4v) is 3.65. The molecular formula is C15H22O2S. The number of aryl methyl sites for hydroxylation is 2. The van der Waals surface area contributed by atoms with Gasteiger partial charge in [0.25, 0.3) is 0 Å². The van der Waals surface area contributed by atoms with Crippen LogP contribution in [-0.2, 0) is 4.74 Å². The Morgan fingerprint density at radius 2 is 2.22 bits per heavy atom. The molecule has 0 saturated heterocycles. The Bertz CT molecular complexity index is 422. The first-order valence-corrected chi connectivity index (χ1v) is 7.59. The number of hydrogen-bond acceptors (Lipinski definition) is 3. The van der Waals surface area contributed by atoms with E-state index in [1.165, 1.54) is 17.7 Å². The Kier molecular flexibility index (Phi) is 4.57. The third kappa shape index (κ3) is 3.42. The molecule has 2 unspecified atom stereocenters. The van der Waals surface area contributed by atoms with Crippen LogP contribution in [-0.4, -0.2) is 18.5 Å². The normalized spacial score (nSPS) is 24.2. The van der Waals surface area contributed by atoms with Gasteiger partial charge < -0.3 is 4.74 Å². The zero-order chi connectivity index (χ0) is 13.1. The molecule has 2 atom stereocenters. The van der Waals surface area contributed by atoms with Gasteiger partial charge in [0, 0.05) is 15.3 Å². The minimum Gasteiger partial charge on any atom is -0.370 e. The molecule has 1 aromatic rings. The fourth-order valence-electron chi connectivity index (χ4n) is 2.71. The van der Waals surface area contributed by atoms with Gasteiger partial charge >= 0.3 is 0 Å². The molecule has 1 heterocycles. The highest BCUT2D eigenvalue weighted by atomic mass is 32.1. The Hall–Kier alpha value is -0.670. The summed E-state index contributed by atoms with van der Waals surface area (Å²) >= 11 is 1.68. The summed E-state index contributed by atoms with van der Waals surface area (Å²) in [5.74, 6) is 0.874. The maximum Gasteiger partial charge on any atom is 0.189 e. The number of ether oxygens (including phenoxy) is 1. The smallest absolute Gasteiger partial charge is 0.189 e. The highest BCUT2D eigenvalue weighted by Gasteiger charge is 2.21. The molecule has 1 aromatic heterocycles. The molecule has 0 N–H and O–H groups in total. The number of carbonyl (C=O) groups excluding carboxylic acids is 1. The van der Waals surface area contributed by atoms with Crippen LogP contribution >= 0.6 is 11.3 Å². The van der Waals surface area contributed by atoms with E-state index in [4.69, 9.17) is 4.74 Å². The van der Waals surface area contributed by atoms with E-state index in [2.05, 4.69) is 6.92 Å². The van der Waals surface area contributed by atoms with E-state index < -0.39 is 0 Å². The van der Waals surface area contributed by atoms with E-state index >= 15 is 0 Å². The van der Waals surface area contributed by atoms with Gasteiger partial charge in [-0.1, -0.05) is 19.8 Å². The van der Waals surface area contributed by atoms with Crippen molar-refractivity contribution in [3.8, 4) is 0 Å². The molecule has 1 saturated carbocycles. The SMILES string of the molecule is Cc1cc(C(=O)COC2CCCC(C)C2)c(C)s1. The molecule has 0 aliphatic heterocycles. The molecule has 0 bridgehead atoms. The summed E-state index contributed by atoms with van der Waals surface area (Å²) in [5.41, 5.74) is 0.848. The second kappa shape index (κ2) is 5.98. The minimum atomic E-state index is 0.134. The molecule has 0 spiro atoms. The molecular weight excluding hydrogens is 244 g/mol. The van der Waals surface area contributed by atoms with Crippen molar-refractivity contribution in [1.29, 1.82) is 0 Å². The van der Waals surface area contributed by atoms with Gasteiger partial charge in [0.15, 0.2) is 5.78 Å². The topological polar surface area (TPSA) is 26.3 Å². The van der Waals surface area contributed by atoms with Crippen molar-refractivity contribution in [1.82, 2.24) is 0 Å². The summed E-state index contributed by atoms with van der Waals surface area (Å²) in [6, 6.07) is 1.98. The van der Waals surface area contributed by atoms with E-state index in [-0.39, 0.29) is 18.5 Å². The molecule has 0 amide bonds. The van der Waals surface area contributed by atoms with E-state index in [1.54, 1.807) is 11.3 Å². The summed E-state index contributed by atoms with van der Waals surface area (Å²) in [6.07, 6.45) is 5.04. The Morgan fingerprint density at radius 3 is 2.83 bits per heavy atom. The van der Waals surface area contributed by atoms with Crippen LogP contribution in [0.25, 0.3) is 0 Å². The lowest BCUT2D eigenvalue weighted by Gasteiger charge is -2.26. The molecule has 18 heavy (non-hydrogen) atoms. The van der Waals surface area contributed by atoms with E-state index in [0.717, 1.165) is 29.2 Å². The quantitative estimate of drug-likeness (QED) is 0.765. The van der Waals surface area contributed by atoms with Gasteiger partial charge in [0.1, 0.15) is 6.61 Å². The lowest BCUT2D eigenvalue weighted by atomic mass is 9.89. The van der Waals surface area contributed by atoms with E-state index in [0.29, 0.717) is 0 Å². The predicted molar refractivity (Wildman–Crippen MR) is 75.5 cm³/mol.